The lowest BCUT2D eigenvalue weighted by atomic mass is 10.3. The fourth-order valence-electron chi connectivity index (χ4n) is 1.31. The number of aromatic amines is 1. The van der Waals surface area contributed by atoms with E-state index in [2.05, 4.69) is 11.9 Å². The van der Waals surface area contributed by atoms with Gasteiger partial charge in [-0.3, -0.25) is 9.59 Å². The van der Waals surface area contributed by atoms with Gasteiger partial charge in [0.15, 0.2) is 6.29 Å². The van der Waals surface area contributed by atoms with Gasteiger partial charge in [0.1, 0.15) is 5.69 Å². The van der Waals surface area contributed by atoms with Crippen LogP contribution in [0.1, 0.15) is 40.7 Å². The van der Waals surface area contributed by atoms with Crippen LogP contribution in [0.4, 0.5) is 0 Å². The van der Waals surface area contributed by atoms with Crippen LogP contribution in [0.15, 0.2) is 12.1 Å². The van der Waals surface area contributed by atoms with E-state index in [4.69, 9.17) is 0 Å². The molecule has 0 unspecified atom stereocenters. The predicted molar refractivity (Wildman–Crippen MR) is 58.0 cm³/mol. The second kappa shape index (κ2) is 5.34. The Kier molecular flexibility index (Phi) is 4.09. The Morgan fingerprint density at radius 2 is 2.27 bits per heavy atom. The molecule has 15 heavy (non-hydrogen) atoms. The molecule has 0 saturated carbocycles. The van der Waals surface area contributed by atoms with Gasteiger partial charge in [0.25, 0.3) is 5.91 Å². The first-order chi connectivity index (χ1) is 7.19. The fourth-order valence-corrected chi connectivity index (χ4v) is 1.31. The van der Waals surface area contributed by atoms with Gasteiger partial charge in [-0.25, -0.2) is 0 Å². The highest BCUT2D eigenvalue weighted by Gasteiger charge is 2.12. The van der Waals surface area contributed by atoms with Crippen molar-refractivity contribution in [2.24, 2.45) is 0 Å². The number of aromatic nitrogens is 1. The third-order valence-electron chi connectivity index (χ3n) is 2.26. The molecule has 0 saturated heterocycles. The SMILES string of the molecule is CCCCN(C)C(=O)c1ccc(C=O)[nH]1. The first kappa shape index (κ1) is 11.5. The minimum atomic E-state index is -0.0726. The molecule has 0 aliphatic rings. The number of rotatable bonds is 5. The molecular weight excluding hydrogens is 192 g/mol. The van der Waals surface area contributed by atoms with Gasteiger partial charge in [-0.1, -0.05) is 13.3 Å². The van der Waals surface area contributed by atoms with Crippen LogP contribution in [0.5, 0.6) is 0 Å². The van der Waals surface area contributed by atoms with Crippen LogP contribution in [-0.2, 0) is 0 Å². The number of nitrogens with zero attached hydrogens (tertiary/aromatic N) is 1. The summed E-state index contributed by atoms with van der Waals surface area (Å²) in [6, 6.07) is 3.24. The van der Waals surface area contributed by atoms with Crippen LogP contribution >= 0.6 is 0 Å². The molecular formula is C11H16N2O2. The van der Waals surface area contributed by atoms with Crippen molar-refractivity contribution < 1.29 is 9.59 Å². The maximum Gasteiger partial charge on any atom is 0.270 e. The molecule has 4 heteroatoms. The number of amides is 1. The number of H-pyrrole nitrogens is 1. The smallest absolute Gasteiger partial charge is 0.270 e. The molecule has 0 aliphatic carbocycles. The van der Waals surface area contributed by atoms with E-state index in [1.807, 2.05) is 0 Å². The van der Waals surface area contributed by atoms with Gasteiger partial charge in [-0.05, 0) is 18.6 Å². The molecule has 0 fully saturated rings. The number of carbonyl (C=O) groups is 2. The van der Waals surface area contributed by atoms with Crippen LogP contribution in [-0.4, -0.2) is 35.7 Å². The summed E-state index contributed by atoms with van der Waals surface area (Å²) in [6.45, 7) is 2.82. The van der Waals surface area contributed by atoms with E-state index in [1.54, 1.807) is 24.1 Å². The van der Waals surface area contributed by atoms with Gasteiger partial charge in [0.05, 0.1) is 5.69 Å². The Morgan fingerprint density at radius 1 is 1.53 bits per heavy atom. The zero-order valence-electron chi connectivity index (χ0n) is 9.12. The maximum absolute atomic E-state index is 11.8. The van der Waals surface area contributed by atoms with Gasteiger partial charge in [0, 0.05) is 13.6 Å². The molecule has 1 N–H and O–H groups in total. The molecule has 0 radical (unpaired) electrons. The topological polar surface area (TPSA) is 53.2 Å². The van der Waals surface area contributed by atoms with Gasteiger partial charge in [-0.15, -0.1) is 0 Å². The van der Waals surface area contributed by atoms with Crippen molar-refractivity contribution in [1.82, 2.24) is 9.88 Å². The Labute approximate surface area is 89.3 Å². The third-order valence-corrected chi connectivity index (χ3v) is 2.26. The summed E-state index contributed by atoms with van der Waals surface area (Å²) in [5.74, 6) is -0.0726. The van der Waals surface area contributed by atoms with Crippen molar-refractivity contribution >= 4 is 12.2 Å². The Morgan fingerprint density at radius 3 is 2.80 bits per heavy atom. The lowest BCUT2D eigenvalue weighted by Crippen LogP contribution is -2.27. The van der Waals surface area contributed by atoms with Crippen LogP contribution in [0.2, 0.25) is 0 Å². The fraction of sp³-hybridized carbons (Fsp3) is 0.455. The van der Waals surface area contributed by atoms with Gasteiger partial charge < -0.3 is 9.88 Å². The van der Waals surface area contributed by atoms with Crippen LogP contribution in [0.25, 0.3) is 0 Å². The first-order valence-electron chi connectivity index (χ1n) is 5.08. The van der Waals surface area contributed by atoms with Crippen molar-refractivity contribution in [2.45, 2.75) is 19.8 Å². The van der Waals surface area contributed by atoms with Gasteiger partial charge in [-0.2, -0.15) is 0 Å². The standard InChI is InChI=1S/C11H16N2O2/c1-3-4-7-13(2)11(15)10-6-5-9(8-14)12-10/h5-6,8,12H,3-4,7H2,1-2H3. The summed E-state index contributed by atoms with van der Waals surface area (Å²) in [5.41, 5.74) is 0.901. The maximum atomic E-state index is 11.8. The molecule has 1 aromatic heterocycles. The monoisotopic (exact) mass is 208 g/mol. The summed E-state index contributed by atoms with van der Waals surface area (Å²) in [6.07, 6.45) is 2.74. The third kappa shape index (κ3) is 2.94. The highest BCUT2D eigenvalue weighted by atomic mass is 16.2. The molecule has 0 aliphatic heterocycles. The Balaban J connectivity index is 2.62. The van der Waals surface area contributed by atoms with Crippen molar-refractivity contribution in [3.63, 3.8) is 0 Å². The van der Waals surface area contributed by atoms with E-state index in [9.17, 15) is 9.59 Å². The van der Waals surface area contributed by atoms with Crippen LogP contribution < -0.4 is 0 Å². The van der Waals surface area contributed by atoms with Crippen molar-refractivity contribution in [2.75, 3.05) is 13.6 Å². The second-order valence-corrected chi connectivity index (χ2v) is 3.53. The highest BCUT2D eigenvalue weighted by molar-refractivity contribution is 5.93. The summed E-state index contributed by atoms with van der Waals surface area (Å²) >= 11 is 0. The average Bonchev–Trinajstić information content (AvgIpc) is 2.73. The quantitative estimate of drug-likeness (QED) is 0.749. The molecule has 4 nitrogen and oxygen atoms in total. The van der Waals surface area contributed by atoms with E-state index >= 15 is 0 Å². The predicted octanol–water partition coefficient (Wildman–Crippen LogP) is 1.70. The normalized spacial score (nSPS) is 10.0. The zero-order valence-corrected chi connectivity index (χ0v) is 9.12. The Bertz CT molecular complexity index is 344. The molecule has 1 rings (SSSR count). The lowest BCUT2D eigenvalue weighted by molar-refractivity contribution is 0.0788. The summed E-state index contributed by atoms with van der Waals surface area (Å²) < 4.78 is 0. The van der Waals surface area contributed by atoms with Crippen LogP contribution in [0, 0.1) is 0 Å². The molecule has 1 heterocycles. The number of unbranched alkanes of at least 4 members (excludes halogenated alkanes) is 1. The zero-order chi connectivity index (χ0) is 11.3. The van der Waals surface area contributed by atoms with E-state index < -0.39 is 0 Å². The van der Waals surface area contributed by atoms with Crippen molar-refractivity contribution in [3.05, 3.63) is 23.5 Å². The largest absolute Gasteiger partial charge is 0.348 e. The second-order valence-electron chi connectivity index (χ2n) is 3.53. The lowest BCUT2D eigenvalue weighted by Gasteiger charge is -2.15. The summed E-state index contributed by atoms with van der Waals surface area (Å²) in [7, 11) is 1.76. The van der Waals surface area contributed by atoms with Crippen molar-refractivity contribution in [3.8, 4) is 0 Å². The molecule has 1 aromatic rings. The Hall–Kier alpha value is -1.58. The molecule has 82 valence electrons. The number of nitrogens with one attached hydrogen (secondary N) is 1. The summed E-state index contributed by atoms with van der Waals surface area (Å²) in [4.78, 5) is 26.6. The summed E-state index contributed by atoms with van der Waals surface area (Å²) in [5, 5.41) is 0. The number of aldehydes is 1. The minimum Gasteiger partial charge on any atom is -0.348 e. The highest BCUT2D eigenvalue weighted by Crippen LogP contribution is 2.04. The van der Waals surface area contributed by atoms with Gasteiger partial charge in [0.2, 0.25) is 0 Å². The molecule has 0 aromatic carbocycles. The molecule has 1 amide bonds. The number of hydrogen-bond donors (Lipinski definition) is 1. The molecule has 0 bridgehead atoms. The van der Waals surface area contributed by atoms with E-state index in [1.165, 1.54) is 0 Å². The molecule has 0 atom stereocenters. The first-order valence-corrected chi connectivity index (χ1v) is 5.08. The van der Waals surface area contributed by atoms with E-state index in [-0.39, 0.29) is 5.91 Å². The number of carbonyl (C=O) groups excluding carboxylic acids is 2. The van der Waals surface area contributed by atoms with E-state index in [0.717, 1.165) is 19.4 Å². The molecule has 0 spiro atoms. The minimum absolute atomic E-state index is 0.0726. The van der Waals surface area contributed by atoms with Crippen molar-refractivity contribution in [1.29, 1.82) is 0 Å². The van der Waals surface area contributed by atoms with E-state index in [0.29, 0.717) is 17.7 Å². The van der Waals surface area contributed by atoms with Gasteiger partial charge >= 0.3 is 0 Å². The number of hydrogen-bond acceptors (Lipinski definition) is 2. The van der Waals surface area contributed by atoms with Crippen LogP contribution in [0.3, 0.4) is 0 Å². The average molecular weight is 208 g/mol.